The zero-order valence-electron chi connectivity index (χ0n) is 19.9. The molecule has 4 rings (SSSR count). The molecule has 0 aromatic carbocycles. The van der Waals surface area contributed by atoms with E-state index in [0.717, 1.165) is 38.5 Å². The van der Waals surface area contributed by atoms with E-state index in [1.54, 1.807) is 0 Å². The minimum absolute atomic E-state index is 0. The van der Waals surface area contributed by atoms with Crippen molar-refractivity contribution in [1.29, 1.82) is 0 Å². The first-order chi connectivity index (χ1) is 11.8. The summed E-state index contributed by atoms with van der Waals surface area (Å²) in [7, 11) is 0. The van der Waals surface area contributed by atoms with Crippen molar-refractivity contribution >= 4 is 0 Å². The van der Waals surface area contributed by atoms with Gasteiger partial charge < -0.3 is 0 Å². The predicted octanol–water partition coefficient (Wildman–Crippen LogP) is 8.40. The van der Waals surface area contributed by atoms with Crippen LogP contribution in [0, 0.1) is 23.1 Å². The molecule has 0 radical (unpaired) electrons. The van der Waals surface area contributed by atoms with Crippen LogP contribution in [-0.2, 0) is 0 Å². The lowest BCUT2D eigenvalue weighted by Crippen LogP contribution is -2.14. The van der Waals surface area contributed by atoms with Gasteiger partial charge in [-0.25, -0.2) is 0 Å². The molecule has 0 saturated heterocycles. The summed E-state index contributed by atoms with van der Waals surface area (Å²) in [4.78, 5) is 0. The van der Waals surface area contributed by atoms with Crippen molar-refractivity contribution in [1.82, 2.24) is 0 Å². The van der Waals surface area contributed by atoms with Gasteiger partial charge in [0.25, 0.3) is 0 Å². The van der Waals surface area contributed by atoms with Gasteiger partial charge in [-0.3, -0.25) is 0 Å². The molecule has 0 nitrogen and oxygen atoms in total. The van der Waals surface area contributed by atoms with Gasteiger partial charge in [0.05, 0.1) is 0 Å². The Kier molecular flexibility index (Phi) is 8.26. The van der Waals surface area contributed by atoms with Gasteiger partial charge in [-0.2, -0.15) is 0 Å². The van der Waals surface area contributed by atoms with Crippen LogP contribution in [0.1, 0.15) is 129 Å². The summed E-state index contributed by atoms with van der Waals surface area (Å²) in [6.07, 6.45) is 17.9. The van der Waals surface area contributed by atoms with E-state index < -0.39 is 0 Å². The fourth-order valence-corrected chi connectivity index (χ4v) is 3.14. The van der Waals surface area contributed by atoms with Crippen LogP contribution in [0.25, 0.3) is 0 Å². The Morgan fingerprint density at radius 2 is 0.913 bits per heavy atom. The summed E-state index contributed by atoms with van der Waals surface area (Å²) in [6, 6.07) is 0. The molecule has 0 N–H and O–H groups in total. The van der Waals surface area contributed by atoms with Gasteiger partial charge in [-0.1, -0.05) is 112 Å². The second-order valence-corrected chi connectivity index (χ2v) is 9.16. The van der Waals surface area contributed by atoms with E-state index >= 15 is 0 Å². The molecule has 0 heterocycles. The molecule has 0 aromatic rings. The molecular weight excluding hydrogens is 276 g/mol. The van der Waals surface area contributed by atoms with Gasteiger partial charge in [0.1, 0.15) is 0 Å². The molecule has 0 amide bonds. The number of hydrogen-bond donors (Lipinski definition) is 0. The van der Waals surface area contributed by atoms with Crippen LogP contribution in [0.2, 0.25) is 0 Å². The Labute approximate surface area is 152 Å². The van der Waals surface area contributed by atoms with E-state index in [-0.39, 0.29) is 17.7 Å². The highest BCUT2D eigenvalue weighted by Crippen LogP contribution is 2.34. The average molecular weight is 326 g/mol. The molecule has 0 spiro atoms. The maximum absolute atomic E-state index is 7.49. The van der Waals surface area contributed by atoms with Gasteiger partial charge in [0.15, 0.2) is 0 Å². The Hall–Kier alpha value is 0. The fraction of sp³-hybridized carbons (Fsp3) is 1.00. The number of rotatable bonds is 0. The molecule has 0 bridgehead atoms. The van der Waals surface area contributed by atoms with Gasteiger partial charge in [-0.05, 0) is 35.9 Å². The van der Waals surface area contributed by atoms with Crippen molar-refractivity contribution in [3.8, 4) is 0 Å². The Morgan fingerprint density at radius 3 is 1.04 bits per heavy atom. The van der Waals surface area contributed by atoms with E-state index in [1.807, 2.05) is 20.8 Å². The quantitative estimate of drug-likeness (QED) is 0.419. The zero-order chi connectivity index (χ0) is 19.9. The van der Waals surface area contributed by atoms with Gasteiger partial charge in [0.2, 0.25) is 0 Å². The van der Waals surface area contributed by atoms with E-state index in [2.05, 4.69) is 13.8 Å². The predicted molar refractivity (Wildman–Crippen MR) is 106 cm³/mol. The molecular formula is C23H46. The van der Waals surface area contributed by atoms with Gasteiger partial charge in [0, 0.05) is 4.11 Å². The molecule has 0 heteroatoms. The van der Waals surface area contributed by atoms with Gasteiger partial charge >= 0.3 is 0 Å². The van der Waals surface area contributed by atoms with E-state index in [4.69, 9.17) is 4.11 Å². The molecule has 0 aliphatic heterocycles. The number of hydrogen-bond acceptors (Lipinski definition) is 0. The molecule has 4 saturated carbocycles. The highest BCUT2D eigenvalue weighted by Gasteiger charge is 2.19. The molecule has 0 atom stereocenters. The Balaban J connectivity index is 0.000000176. The molecule has 23 heavy (non-hydrogen) atoms. The van der Waals surface area contributed by atoms with Crippen molar-refractivity contribution in [3.63, 3.8) is 0 Å². The van der Waals surface area contributed by atoms with Crippen molar-refractivity contribution in [2.24, 2.45) is 23.1 Å². The molecule has 4 fully saturated rings. The normalized spacial score (nSPS) is 32.5. The SMILES string of the molecule is CC1(C)CCCCC1.[2H]C1(C)CC1.[2H]C1(C)CCC1.[2H]C1(C)CCCC1. The highest BCUT2D eigenvalue weighted by molar-refractivity contribution is 4.72. The van der Waals surface area contributed by atoms with E-state index in [0.29, 0.717) is 5.41 Å². The summed E-state index contributed by atoms with van der Waals surface area (Å²) in [5, 5.41) is 0. The summed E-state index contributed by atoms with van der Waals surface area (Å²) < 4.78 is 21.8. The molecule has 138 valence electrons. The topological polar surface area (TPSA) is 0 Å². The van der Waals surface area contributed by atoms with Crippen LogP contribution in [0.4, 0.5) is 0 Å². The Bertz CT molecular complexity index is 368. The minimum Gasteiger partial charge on any atom is -0.0625 e. The standard InChI is InChI=1S/C8H16.C6H12.C5H10.C4H8/c1-8(2)6-4-3-5-7-8;1-6-4-2-3-5-6;1-5-3-2-4-5;1-4-2-3-4/h3-7H2,1-2H3;6H,2-5H2,1H3;5H,2-4H2,1H3;4H,2-3H2,1H3/i;6D;5D;4D. The van der Waals surface area contributed by atoms with Gasteiger partial charge in [-0.15, -0.1) is 0 Å². The fourth-order valence-electron chi connectivity index (χ4n) is 3.14. The molecule has 0 unspecified atom stereocenters. The van der Waals surface area contributed by atoms with Crippen LogP contribution < -0.4 is 0 Å². The van der Waals surface area contributed by atoms with E-state index in [1.165, 1.54) is 51.4 Å². The second kappa shape index (κ2) is 11.5. The zero-order valence-corrected chi connectivity index (χ0v) is 16.9. The van der Waals surface area contributed by atoms with Crippen molar-refractivity contribution < 1.29 is 4.11 Å². The third-order valence-electron chi connectivity index (χ3n) is 5.62. The molecule has 4 aliphatic carbocycles. The molecule has 4 aliphatic rings. The van der Waals surface area contributed by atoms with Crippen LogP contribution in [0.5, 0.6) is 0 Å². The molecule has 0 aromatic heterocycles. The van der Waals surface area contributed by atoms with E-state index in [9.17, 15) is 0 Å². The summed E-state index contributed by atoms with van der Waals surface area (Å²) in [5.41, 5.74) is 0.679. The second-order valence-electron chi connectivity index (χ2n) is 9.16. The summed E-state index contributed by atoms with van der Waals surface area (Å²) >= 11 is 0. The monoisotopic (exact) mass is 325 g/mol. The third kappa shape index (κ3) is 13.0. The maximum atomic E-state index is 7.49. The lowest BCUT2D eigenvalue weighted by atomic mass is 9.78. The first-order valence-electron chi connectivity index (χ1n) is 11.8. The summed E-state index contributed by atoms with van der Waals surface area (Å²) in [5.74, 6) is -0.0833. The lowest BCUT2D eigenvalue weighted by molar-refractivity contribution is 0.244. The maximum Gasteiger partial charge on any atom is 0.0300 e. The van der Waals surface area contributed by atoms with Crippen LogP contribution in [-0.4, -0.2) is 0 Å². The smallest absolute Gasteiger partial charge is 0.0300 e. The first-order valence-corrected chi connectivity index (χ1v) is 10.3. The Morgan fingerprint density at radius 1 is 0.565 bits per heavy atom. The third-order valence-corrected chi connectivity index (χ3v) is 5.62. The minimum atomic E-state index is -0.0556. The first kappa shape index (κ1) is 16.5. The van der Waals surface area contributed by atoms with Crippen molar-refractivity contribution in [3.05, 3.63) is 0 Å². The van der Waals surface area contributed by atoms with Crippen molar-refractivity contribution in [2.45, 2.75) is 125 Å². The highest BCUT2D eigenvalue weighted by atomic mass is 14.3. The van der Waals surface area contributed by atoms with Crippen molar-refractivity contribution in [2.75, 3.05) is 0 Å². The lowest BCUT2D eigenvalue weighted by Gasteiger charge is -2.28. The van der Waals surface area contributed by atoms with Crippen LogP contribution >= 0.6 is 0 Å². The average Bonchev–Trinajstić information content (AvgIpc) is 3.03. The van der Waals surface area contributed by atoms with Crippen LogP contribution in [0.15, 0.2) is 0 Å². The van der Waals surface area contributed by atoms with Crippen LogP contribution in [0.3, 0.4) is 0 Å². The largest absolute Gasteiger partial charge is 0.0625 e. The summed E-state index contributed by atoms with van der Waals surface area (Å²) in [6.45, 7) is 10.8.